The van der Waals surface area contributed by atoms with E-state index in [-0.39, 0.29) is 0 Å². The molecule has 2 unspecified atom stereocenters. The molecule has 0 bridgehead atoms. The van der Waals surface area contributed by atoms with Crippen LogP contribution in [0, 0.1) is 11.8 Å². The second-order valence-corrected chi connectivity index (χ2v) is 5.28. The lowest BCUT2D eigenvalue weighted by atomic mass is 9.82. The summed E-state index contributed by atoms with van der Waals surface area (Å²) in [5.74, 6) is 1.79. The van der Waals surface area contributed by atoms with Crippen LogP contribution in [0.25, 0.3) is 0 Å². The Labute approximate surface area is 89.7 Å². The van der Waals surface area contributed by atoms with Crippen molar-refractivity contribution < 1.29 is 0 Å². The van der Waals surface area contributed by atoms with Crippen LogP contribution in [0.15, 0.2) is 0 Å². The number of nitrogens with one attached hydrogen (secondary N) is 1. The van der Waals surface area contributed by atoms with Crippen LogP contribution in [0.4, 0.5) is 0 Å². The Kier molecular flexibility index (Phi) is 5.54. The Morgan fingerprint density at radius 3 is 2.29 bits per heavy atom. The highest BCUT2D eigenvalue weighted by Crippen LogP contribution is 2.27. The van der Waals surface area contributed by atoms with Gasteiger partial charge in [-0.3, -0.25) is 0 Å². The van der Waals surface area contributed by atoms with Crippen molar-refractivity contribution in [3.8, 4) is 0 Å². The first-order valence-electron chi connectivity index (χ1n) is 6.41. The average Bonchev–Trinajstić information content (AvgIpc) is 2.10. The maximum absolute atomic E-state index is 3.53. The minimum absolute atomic E-state index is 0.790. The van der Waals surface area contributed by atoms with Crippen LogP contribution in [0.5, 0.6) is 0 Å². The molecule has 0 spiro atoms. The van der Waals surface area contributed by atoms with Crippen LogP contribution in [-0.2, 0) is 0 Å². The maximum Gasteiger partial charge on any atom is 0.00924 e. The lowest BCUT2D eigenvalue weighted by Gasteiger charge is -2.30. The first-order valence-corrected chi connectivity index (χ1v) is 6.41. The van der Waals surface area contributed by atoms with Crippen LogP contribution in [0.3, 0.4) is 0 Å². The molecule has 84 valence electrons. The highest BCUT2D eigenvalue weighted by atomic mass is 14.9. The van der Waals surface area contributed by atoms with E-state index in [0.29, 0.717) is 0 Å². The molecule has 1 rings (SSSR count). The predicted molar refractivity (Wildman–Crippen MR) is 63.5 cm³/mol. The fraction of sp³-hybridized carbons (Fsp3) is 1.00. The highest BCUT2D eigenvalue weighted by Gasteiger charge is 2.21. The fourth-order valence-electron chi connectivity index (χ4n) is 2.83. The van der Waals surface area contributed by atoms with Gasteiger partial charge in [0.05, 0.1) is 0 Å². The van der Waals surface area contributed by atoms with Gasteiger partial charge >= 0.3 is 0 Å². The standard InChI is InChI=1S/C13H27N/c1-11(2)10-12-8-6-4-5-7-9-13(12)14-3/h11-14H,4-10H2,1-3H3. The zero-order valence-corrected chi connectivity index (χ0v) is 10.2. The monoisotopic (exact) mass is 197 g/mol. The third-order valence-corrected chi connectivity index (χ3v) is 3.55. The van der Waals surface area contributed by atoms with Gasteiger partial charge in [-0.15, -0.1) is 0 Å². The smallest absolute Gasteiger partial charge is 0.00924 e. The molecule has 0 aromatic carbocycles. The van der Waals surface area contributed by atoms with Gasteiger partial charge in [0.2, 0.25) is 0 Å². The van der Waals surface area contributed by atoms with Crippen molar-refractivity contribution in [2.75, 3.05) is 7.05 Å². The molecule has 0 heterocycles. The minimum Gasteiger partial charge on any atom is -0.317 e. The van der Waals surface area contributed by atoms with Crippen LogP contribution < -0.4 is 5.32 Å². The molecule has 1 aliphatic carbocycles. The third-order valence-electron chi connectivity index (χ3n) is 3.55. The van der Waals surface area contributed by atoms with Gasteiger partial charge in [-0.2, -0.15) is 0 Å². The molecule has 14 heavy (non-hydrogen) atoms. The Hall–Kier alpha value is -0.0400. The molecule has 2 atom stereocenters. The lowest BCUT2D eigenvalue weighted by molar-refractivity contribution is 0.258. The second-order valence-electron chi connectivity index (χ2n) is 5.28. The molecule has 1 heteroatoms. The van der Waals surface area contributed by atoms with E-state index in [4.69, 9.17) is 0 Å². The lowest BCUT2D eigenvalue weighted by Crippen LogP contribution is -2.35. The molecule has 0 saturated heterocycles. The summed E-state index contributed by atoms with van der Waals surface area (Å²) in [6.07, 6.45) is 10.1. The maximum atomic E-state index is 3.53. The van der Waals surface area contributed by atoms with Crippen molar-refractivity contribution in [2.24, 2.45) is 11.8 Å². The van der Waals surface area contributed by atoms with E-state index in [1.54, 1.807) is 0 Å². The molecular weight excluding hydrogens is 170 g/mol. The predicted octanol–water partition coefficient (Wildman–Crippen LogP) is 3.59. The summed E-state index contributed by atoms with van der Waals surface area (Å²) in [5, 5.41) is 3.53. The Morgan fingerprint density at radius 2 is 1.71 bits per heavy atom. The summed E-state index contributed by atoms with van der Waals surface area (Å²) in [6, 6.07) is 0.790. The number of hydrogen-bond donors (Lipinski definition) is 1. The van der Waals surface area contributed by atoms with Gasteiger partial charge in [0.1, 0.15) is 0 Å². The summed E-state index contributed by atoms with van der Waals surface area (Å²) in [6.45, 7) is 4.71. The highest BCUT2D eigenvalue weighted by molar-refractivity contribution is 4.78. The van der Waals surface area contributed by atoms with E-state index in [1.165, 1.54) is 44.9 Å². The van der Waals surface area contributed by atoms with Crippen LogP contribution in [0.2, 0.25) is 0 Å². The van der Waals surface area contributed by atoms with Gasteiger partial charge < -0.3 is 5.32 Å². The number of rotatable bonds is 3. The largest absolute Gasteiger partial charge is 0.317 e. The van der Waals surface area contributed by atoms with E-state index < -0.39 is 0 Å². The van der Waals surface area contributed by atoms with Crippen molar-refractivity contribution in [1.82, 2.24) is 5.32 Å². The first kappa shape index (κ1) is 12.0. The molecule has 1 saturated carbocycles. The Balaban J connectivity index is 2.45. The van der Waals surface area contributed by atoms with E-state index in [0.717, 1.165) is 17.9 Å². The van der Waals surface area contributed by atoms with Gasteiger partial charge in [-0.1, -0.05) is 39.5 Å². The van der Waals surface area contributed by atoms with Gasteiger partial charge in [-0.05, 0) is 38.1 Å². The topological polar surface area (TPSA) is 12.0 Å². The Bertz CT molecular complexity index is 142. The summed E-state index contributed by atoms with van der Waals surface area (Å²) in [7, 11) is 2.14. The molecule has 0 radical (unpaired) electrons. The zero-order valence-electron chi connectivity index (χ0n) is 10.2. The second kappa shape index (κ2) is 6.44. The molecule has 1 fully saturated rings. The molecule has 0 aromatic rings. The third kappa shape index (κ3) is 4.00. The molecule has 1 N–H and O–H groups in total. The average molecular weight is 197 g/mol. The molecule has 1 nitrogen and oxygen atoms in total. The number of hydrogen-bond acceptors (Lipinski definition) is 1. The van der Waals surface area contributed by atoms with Crippen molar-refractivity contribution >= 4 is 0 Å². The SMILES string of the molecule is CNC1CCCCCCC1CC(C)C. The van der Waals surface area contributed by atoms with E-state index in [9.17, 15) is 0 Å². The molecule has 1 aliphatic rings. The van der Waals surface area contributed by atoms with Crippen molar-refractivity contribution in [3.63, 3.8) is 0 Å². The normalized spacial score (nSPS) is 30.0. The van der Waals surface area contributed by atoms with E-state index >= 15 is 0 Å². The van der Waals surface area contributed by atoms with Gasteiger partial charge in [0.15, 0.2) is 0 Å². The fourth-order valence-corrected chi connectivity index (χ4v) is 2.83. The van der Waals surface area contributed by atoms with Crippen molar-refractivity contribution in [1.29, 1.82) is 0 Å². The van der Waals surface area contributed by atoms with E-state index in [2.05, 4.69) is 26.2 Å². The minimum atomic E-state index is 0.790. The quantitative estimate of drug-likeness (QED) is 0.729. The Morgan fingerprint density at radius 1 is 1.07 bits per heavy atom. The van der Waals surface area contributed by atoms with Crippen LogP contribution in [0.1, 0.15) is 58.8 Å². The first-order chi connectivity index (χ1) is 6.74. The van der Waals surface area contributed by atoms with E-state index in [1.807, 2.05) is 0 Å². The summed E-state index contributed by atoms with van der Waals surface area (Å²) in [4.78, 5) is 0. The summed E-state index contributed by atoms with van der Waals surface area (Å²) in [5.41, 5.74) is 0. The summed E-state index contributed by atoms with van der Waals surface area (Å²) < 4.78 is 0. The van der Waals surface area contributed by atoms with Crippen LogP contribution in [-0.4, -0.2) is 13.1 Å². The molecule has 0 aliphatic heterocycles. The van der Waals surface area contributed by atoms with Crippen molar-refractivity contribution in [2.45, 2.75) is 64.8 Å². The molecule has 0 amide bonds. The van der Waals surface area contributed by atoms with Crippen LogP contribution >= 0.6 is 0 Å². The zero-order chi connectivity index (χ0) is 10.4. The van der Waals surface area contributed by atoms with Crippen molar-refractivity contribution in [3.05, 3.63) is 0 Å². The molecular formula is C13H27N. The molecule has 0 aromatic heterocycles. The summed E-state index contributed by atoms with van der Waals surface area (Å²) >= 11 is 0. The van der Waals surface area contributed by atoms with Gasteiger partial charge in [-0.25, -0.2) is 0 Å². The van der Waals surface area contributed by atoms with Gasteiger partial charge in [0, 0.05) is 6.04 Å². The van der Waals surface area contributed by atoms with Gasteiger partial charge in [0.25, 0.3) is 0 Å².